The lowest BCUT2D eigenvalue weighted by atomic mass is 10.1. The van der Waals surface area contributed by atoms with Crippen molar-refractivity contribution < 1.29 is 19.1 Å². The maximum absolute atomic E-state index is 11.6. The molecular weight excluding hydrogens is 459 g/mol. The molecule has 1 heterocycles. The van der Waals surface area contributed by atoms with Gasteiger partial charge in [-0.15, -0.1) is 0 Å². The van der Waals surface area contributed by atoms with Crippen LogP contribution in [-0.4, -0.2) is 30.4 Å². The predicted molar refractivity (Wildman–Crippen MR) is 125 cm³/mol. The fourth-order valence-corrected chi connectivity index (χ4v) is 3.98. The molecule has 6 nitrogen and oxygen atoms in total. The maximum atomic E-state index is 11.6. The van der Waals surface area contributed by atoms with E-state index in [1.807, 2.05) is 0 Å². The molecule has 3 N–H and O–H groups in total. The number of hydrogen-bond acceptors (Lipinski definition) is 6. The van der Waals surface area contributed by atoms with Crippen molar-refractivity contribution in [1.29, 1.82) is 0 Å². The molecule has 0 radical (unpaired) electrons. The average molecular weight is 481 g/mol. The van der Waals surface area contributed by atoms with Crippen molar-refractivity contribution in [3.63, 3.8) is 0 Å². The van der Waals surface area contributed by atoms with Crippen LogP contribution in [0.15, 0.2) is 41.3 Å². The van der Waals surface area contributed by atoms with E-state index in [1.165, 1.54) is 0 Å². The summed E-state index contributed by atoms with van der Waals surface area (Å²) < 4.78 is 11.6. The van der Waals surface area contributed by atoms with Crippen molar-refractivity contribution in [1.82, 2.24) is 5.32 Å². The molecule has 1 aliphatic heterocycles. The number of ether oxygens (including phenoxy) is 2. The van der Waals surface area contributed by atoms with E-state index in [-0.39, 0.29) is 30.4 Å². The zero-order valence-electron chi connectivity index (χ0n) is 16.8. The van der Waals surface area contributed by atoms with Gasteiger partial charge in [0.05, 0.1) is 21.0 Å². The minimum atomic E-state index is -0.384. The molecule has 3 rings (SSSR count). The average Bonchev–Trinajstić information content (AvgIpc) is 3.07. The third-order valence-corrected chi connectivity index (χ3v) is 6.04. The molecule has 1 unspecified atom stereocenters. The summed E-state index contributed by atoms with van der Waals surface area (Å²) >= 11 is 13.3. The van der Waals surface area contributed by atoms with Gasteiger partial charge in [-0.3, -0.25) is 14.9 Å². The Morgan fingerprint density at radius 1 is 1.10 bits per heavy atom. The van der Waals surface area contributed by atoms with Crippen LogP contribution in [0.2, 0.25) is 10.0 Å². The molecular formula is C22H22Cl2N2O4S. The molecule has 1 atom stereocenters. The summed E-state index contributed by atoms with van der Waals surface area (Å²) in [5.74, 6) is 0.931. The Balaban J connectivity index is 1.52. The van der Waals surface area contributed by atoms with Gasteiger partial charge in [-0.2, -0.15) is 0 Å². The van der Waals surface area contributed by atoms with Gasteiger partial charge in [0.25, 0.3) is 11.1 Å². The van der Waals surface area contributed by atoms with Gasteiger partial charge in [0.2, 0.25) is 0 Å². The van der Waals surface area contributed by atoms with Crippen LogP contribution in [0.1, 0.15) is 24.5 Å². The summed E-state index contributed by atoms with van der Waals surface area (Å²) in [6, 6.07) is 10.3. The predicted octanol–water partition coefficient (Wildman–Crippen LogP) is 5.05. The van der Waals surface area contributed by atoms with E-state index in [0.29, 0.717) is 26.4 Å². The first-order valence-electron chi connectivity index (χ1n) is 9.70. The highest BCUT2D eigenvalue weighted by molar-refractivity contribution is 8.18. The number of thioether (sulfide) groups is 1. The van der Waals surface area contributed by atoms with E-state index in [2.05, 4.69) is 12.2 Å². The molecule has 0 bridgehead atoms. The number of halogens is 2. The van der Waals surface area contributed by atoms with Crippen LogP contribution >= 0.6 is 35.0 Å². The molecule has 1 aliphatic rings. The Morgan fingerprint density at radius 3 is 2.45 bits per heavy atom. The highest BCUT2D eigenvalue weighted by Gasteiger charge is 2.24. The molecule has 31 heavy (non-hydrogen) atoms. The van der Waals surface area contributed by atoms with Gasteiger partial charge in [0, 0.05) is 5.56 Å². The second kappa shape index (κ2) is 10.9. The lowest BCUT2D eigenvalue weighted by Gasteiger charge is -2.17. The van der Waals surface area contributed by atoms with Crippen molar-refractivity contribution >= 4 is 52.2 Å². The second-order valence-corrected chi connectivity index (χ2v) is 8.69. The summed E-state index contributed by atoms with van der Waals surface area (Å²) in [6.45, 7) is 2.58. The van der Waals surface area contributed by atoms with Crippen molar-refractivity contribution in [3.8, 4) is 11.5 Å². The number of hydrogen-bond donors (Lipinski definition) is 2. The first-order chi connectivity index (χ1) is 14.9. The van der Waals surface area contributed by atoms with Crippen molar-refractivity contribution in [2.24, 2.45) is 5.73 Å². The topological polar surface area (TPSA) is 90.7 Å². The standard InChI is InChI=1S/C22H22Cl2N2O4S/c1-2-3-16-18(9-8-17(23)20(16)24)30-12-14(25)11-29-15-6-4-13(5-7-15)10-19-21(27)26-22(28)31-19/h4-10,14H,2-3,11-12,25H2,1H3,(H,26,27,28)/b19-10-. The monoisotopic (exact) mass is 480 g/mol. The lowest BCUT2D eigenvalue weighted by molar-refractivity contribution is -0.115. The summed E-state index contributed by atoms with van der Waals surface area (Å²) in [6.07, 6.45) is 3.33. The quantitative estimate of drug-likeness (QED) is 0.487. The molecule has 0 aliphatic carbocycles. The molecule has 1 saturated heterocycles. The fourth-order valence-electron chi connectivity index (χ4n) is 2.87. The Kier molecular flexibility index (Phi) is 8.26. The van der Waals surface area contributed by atoms with Crippen LogP contribution < -0.4 is 20.5 Å². The molecule has 164 valence electrons. The summed E-state index contributed by atoms with van der Waals surface area (Å²) in [5, 5.41) is 2.87. The molecule has 0 saturated carbocycles. The Hall–Kier alpha value is -2.19. The fraction of sp³-hybridized carbons (Fsp3) is 0.273. The third kappa shape index (κ3) is 6.40. The number of carbonyl (C=O) groups excluding carboxylic acids is 2. The number of amides is 2. The van der Waals surface area contributed by atoms with E-state index < -0.39 is 0 Å². The Bertz CT molecular complexity index is 996. The molecule has 2 aromatic rings. The van der Waals surface area contributed by atoms with Crippen LogP contribution in [-0.2, 0) is 11.2 Å². The van der Waals surface area contributed by atoms with Crippen molar-refractivity contribution in [2.75, 3.05) is 13.2 Å². The summed E-state index contributed by atoms with van der Waals surface area (Å²) in [7, 11) is 0. The zero-order valence-corrected chi connectivity index (χ0v) is 19.2. The van der Waals surface area contributed by atoms with Crippen molar-refractivity contribution in [3.05, 3.63) is 62.5 Å². The van der Waals surface area contributed by atoms with E-state index in [4.69, 9.17) is 38.4 Å². The van der Waals surface area contributed by atoms with Crippen LogP contribution in [0, 0.1) is 0 Å². The Morgan fingerprint density at radius 2 is 1.81 bits per heavy atom. The zero-order chi connectivity index (χ0) is 22.4. The van der Waals surface area contributed by atoms with Gasteiger partial charge in [0.1, 0.15) is 24.7 Å². The Labute approximate surface area is 195 Å². The van der Waals surface area contributed by atoms with Crippen molar-refractivity contribution in [2.45, 2.75) is 25.8 Å². The lowest BCUT2D eigenvalue weighted by Crippen LogP contribution is -2.34. The third-order valence-electron chi connectivity index (χ3n) is 4.39. The molecule has 2 amide bonds. The smallest absolute Gasteiger partial charge is 0.290 e. The van der Waals surface area contributed by atoms with Gasteiger partial charge in [-0.05, 0) is 54.1 Å². The number of nitrogens with two attached hydrogens (primary N) is 1. The highest BCUT2D eigenvalue weighted by Crippen LogP contribution is 2.34. The molecule has 0 aromatic heterocycles. The van der Waals surface area contributed by atoms with Crippen LogP contribution in [0.4, 0.5) is 4.79 Å². The van der Waals surface area contributed by atoms with E-state index in [0.717, 1.165) is 35.7 Å². The first kappa shape index (κ1) is 23.5. The van der Waals surface area contributed by atoms with Gasteiger partial charge >= 0.3 is 0 Å². The normalized spacial score (nSPS) is 15.8. The number of imide groups is 1. The first-order valence-corrected chi connectivity index (χ1v) is 11.3. The number of nitrogens with one attached hydrogen (secondary N) is 1. The molecule has 9 heteroatoms. The number of carbonyl (C=O) groups is 2. The van der Waals surface area contributed by atoms with Gasteiger partial charge in [-0.1, -0.05) is 48.7 Å². The van der Waals surface area contributed by atoms with E-state index >= 15 is 0 Å². The summed E-state index contributed by atoms with van der Waals surface area (Å²) in [4.78, 5) is 23.2. The van der Waals surface area contributed by atoms with Crippen LogP contribution in [0.5, 0.6) is 11.5 Å². The maximum Gasteiger partial charge on any atom is 0.290 e. The SMILES string of the molecule is CCCc1c(OCC(N)COc2ccc(/C=C3\SC(=O)NC3=O)cc2)ccc(Cl)c1Cl. The van der Waals surface area contributed by atoms with Gasteiger partial charge < -0.3 is 15.2 Å². The van der Waals surface area contributed by atoms with E-state index in [1.54, 1.807) is 42.5 Å². The molecule has 2 aromatic carbocycles. The number of rotatable bonds is 9. The minimum Gasteiger partial charge on any atom is -0.492 e. The largest absolute Gasteiger partial charge is 0.492 e. The second-order valence-electron chi connectivity index (χ2n) is 6.89. The molecule has 0 spiro atoms. The molecule has 1 fully saturated rings. The van der Waals surface area contributed by atoms with E-state index in [9.17, 15) is 9.59 Å². The van der Waals surface area contributed by atoms with Crippen LogP contribution in [0.3, 0.4) is 0 Å². The van der Waals surface area contributed by atoms with Gasteiger partial charge in [-0.25, -0.2) is 0 Å². The minimum absolute atomic E-state index is 0.262. The summed E-state index contributed by atoms with van der Waals surface area (Å²) in [5.41, 5.74) is 7.80. The van der Waals surface area contributed by atoms with Gasteiger partial charge in [0.15, 0.2) is 0 Å². The number of benzene rings is 2. The highest BCUT2D eigenvalue weighted by atomic mass is 35.5. The van der Waals surface area contributed by atoms with Crippen LogP contribution in [0.25, 0.3) is 6.08 Å².